The number of halogens is 6. The van der Waals surface area contributed by atoms with E-state index in [1.54, 1.807) is 21.0 Å². The maximum absolute atomic E-state index is 13.6. The van der Waals surface area contributed by atoms with E-state index < -0.39 is 52.8 Å². The van der Waals surface area contributed by atoms with Crippen molar-refractivity contribution >= 4 is 23.2 Å². The normalized spacial score (nSPS) is 15.7. The lowest BCUT2D eigenvalue weighted by molar-refractivity contribution is -0.143. The number of anilines is 2. The van der Waals surface area contributed by atoms with E-state index in [-0.39, 0.29) is 12.6 Å². The first kappa shape index (κ1) is 30.5. The van der Waals surface area contributed by atoms with Gasteiger partial charge in [-0.3, -0.25) is 9.59 Å². The fraction of sp³-hybridized carbons (Fsp3) is 0.500. The van der Waals surface area contributed by atoms with Gasteiger partial charge >= 0.3 is 12.4 Å². The molecule has 1 aliphatic rings. The Morgan fingerprint density at radius 2 is 1.46 bits per heavy atom. The minimum Gasteiger partial charge on any atom is -0.326 e. The lowest BCUT2D eigenvalue weighted by Gasteiger charge is -2.31. The summed E-state index contributed by atoms with van der Waals surface area (Å²) in [6, 6.07) is 6.47. The molecular formula is C28H33F6N3O2. The molecule has 5 nitrogen and oxygen atoms in total. The lowest BCUT2D eigenvalue weighted by atomic mass is 9.90. The third kappa shape index (κ3) is 7.74. The maximum atomic E-state index is 13.6. The van der Waals surface area contributed by atoms with Crippen LogP contribution in [0.4, 0.5) is 37.7 Å². The third-order valence-electron chi connectivity index (χ3n) is 7.07. The number of alkyl halides is 6. The number of nitrogens with one attached hydrogen (secondary N) is 1. The summed E-state index contributed by atoms with van der Waals surface area (Å²) in [5, 5.41) is 2.24. The number of carbonyl (C=O) groups excluding carboxylic acids is 2. The molecule has 0 aromatic heterocycles. The van der Waals surface area contributed by atoms with E-state index in [0.717, 1.165) is 24.0 Å². The summed E-state index contributed by atoms with van der Waals surface area (Å²) in [6.45, 7) is 6.00. The topological polar surface area (TPSA) is 52.7 Å². The fourth-order valence-electron chi connectivity index (χ4n) is 4.80. The zero-order valence-corrected chi connectivity index (χ0v) is 22.5. The van der Waals surface area contributed by atoms with E-state index in [4.69, 9.17) is 0 Å². The van der Waals surface area contributed by atoms with Crippen LogP contribution in [0.2, 0.25) is 0 Å². The zero-order chi connectivity index (χ0) is 29.3. The molecule has 3 rings (SSSR count). The van der Waals surface area contributed by atoms with Gasteiger partial charge in [0.25, 0.3) is 0 Å². The molecular weight excluding hydrogens is 524 g/mol. The number of nitrogens with zero attached hydrogens (tertiary/aromatic N) is 2. The minimum absolute atomic E-state index is 0.00217. The van der Waals surface area contributed by atoms with Crippen LogP contribution in [0.15, 0.2) is 36.4 Å². The largest absolute Gasteiger partial charge is 0.416 e. The van der Waals surface area contributed by atoms with Crippen LogP contribution in [0, 0.1) is 31.6 Å². The van der Waals surface area contributed by atoms with Gasteiger partial charge in [-0.05, 0) is 69.0 Å². The van der Waals surface area contributed by atoms with Gasteiger partial charge < -0.3 is 15.1 Å². The van der Waals surface area contributed by atoms with Gasteiger partial charge in [0.2, 0.25) is 11.8 Å². The van der Waals surface area contributed by atoms with Gasteiger partial charge in [-0.1, -0.05) is 25.1 Å². The highest BCUT2D eigenvalue weighted by Crippen LogP contribution is 2.38. The smallest absolute Gasteiger partial charge is 0.326 e. The van der Waals surface area contributed by atoms with Gasteiger partial charge in [0, 0.05) is 37.4 Å². The van der Waals surface area contributed by atoms with Crippen molar-refractivity contribution in [3.05, 3.63) is 58.7 Å². The molecule has 0 bridgehead atoms. The Labute approximate surface area is 224 Å². The maximum Gasteiger partial charge on any atom is 0.416 e. The number of rotatable bonds is 9. The Morgan fingerprint density at radius 3 is 1.92 bits per heavy atom. The van der Waals surface area contributed by atoms with Crippen molar-refractivity contribution < 1.29 is 35.9 Å². The van der Waals surface area contributed by atoms with Crippen molar-refractivity contribution in [2.75, 3.05) is 37.4 Å². The predicted molar refractivity (Wildman–Crippen MR) is 137 cm³/mol. The Kier molecular flexibility index (Phi) is 9.04. The van der Waals surface area contributed by atoms with E-state index in [1.807, 2.05) is 36.9 Å². The highest BCUT2D eigenvalue weighted by molar-refractivity contribution is 6.01. The number of amides is 2. The summed E-state index contributed by atoms with van der Waals surface area (Å²) in [5.41, 5.74) is -1.35. The molecule has 39 heavy (non-hydrogen) atoms. The summed E-state index contributed by atoms with van der Waals surface area (Å²) >= 11 is 0. The first-order valence-corrected chi connectivity index (χ1v) is 12.6. The summed E-state index contributed by atoms with van der Waals surface area (Å²) < 4.78 is 80.1. The van der Waals surface area contributed by atoms with Crippen LogP contribution in [0.25, 0.3) is 0 Å². The molecule has 2 unspecified atom stereocenters. The van der Waals surface area contributed by atoms with E-state index in [9.17, 15) is 35.9 Å². The van der Waals surface area contributed by atoms with Crippen LogP contribution in [-0.2, 0) is 21.9 Å². The number of benzene rings is 2. The molecule has 1 aliphatic carbocycles. The van der Waals surface area contributed by atoms with Gasteiger partial charge in [-0.2, -0.15) is 26.3 Å². The first-order chi connectivity index (χ1) is 18.0. The molecule has 2 aromatic carbocycles. The van der Waals surface area contributed by atoms with Crippen molar-refractivity contribution in [3.63, 3.8) is 0 Å². The molecule has 0 radical (unpaired) electrons. The molecule has 0 saturated heterocycles. The SMILES string of the molecule is Cc1cccc(C)c1N(C)C(=O)C(C)C(CN(C)CC1CC1)C(=O)Nc1cc(C(F)(F)F)cc(C(F)(F)F)c1. The predicted octanol–water partition coefficient (Wildman–Crippen LogP) is 6.54. The van der Waals surface area contributed by atoms with E-state index in [2.05, 4.69) is 5.32 Å². The Balaban J connectivity index is 1.93. The Bertz CT molecular complexity index is 1150. The highest BCUT2D eigenvalue weighted by atomic mass is 19.4. The summed E-state index contributed by atoms with van der Waals surface area (Å²) in [5.74, 6) is -2.74. The van der Waals surface area contributed by atoms with Crippen LogP contribution < -0.4 is 10.2 Å². The first-order valence-electron chi connectivity index (χ1n) is 12.6. The molecule has 0 heterocycles. The third-order valence-corrected chi connectivity index (χ3v) is 7.07. The van der Waals surface area contributed by atoms with E-state index >= 15 is 0 Å². The average molecular weight is 558 g/mol. The second-order valence-corrected chi connectivity index (χ2v) is 10.5. The van der Waals surface area contributed by atoms with E-state index in [1.165, 1.54) is 4.90 Å². The molecule has 0 spiro atoms. The van der Waals surface area contributed by atoms with E-state index in [0.29, 0.717) is 30.3 Å². The number of hydrogen-bond donors (Lipinski definition) is 1. The lowest BCUT2D eigenvalue weighted by Crippen LogP contribution is -2.44. The van der Waals surface area contributed by atoms with Gasteiger partial charge in [0.1, 0.15) is 0 Å². The van der Waals surface area contributed by atoms with Crippen molar-refractivity contribution in [3.8, 4) is 0 Å². The van der Waals surface area contributed by atoms with Crippen molar-refractivity contribution in [2.45, 2.75) is 46.0 Å². The Morgan fingerprint density at radius 1 is 0.949 bits per heavy atom. The molecule has 1 saturated carbocycles. The summed E-state index contributed by atoms with van der Waals surface area (Å²) in [4.78, 5) is 30.3. The molecule has 2 atom stereocenters. The summed E-state index contributed by atoms with van der Waals surface area (Å²) in [6.07, 6.45) is -8.03. The monoisotopic (exact) mass is 557 g/mol. The number of hydrogen-bond acceptors (Lipinski definition) is 3. The quantitative estimate of drug-likeness (QED) is 0.357. The van der Waals surface area contributed by atoms with Gasteiger partial charge in [-0.25, -0.2) is 0 Å². The fourth-order valence-corrected chi connectivity index (χ4v) is 4.80. The number of para-hydroxylation sites is 1. The van der Waals surface area contributed by atoms with Gasteiger partial charge in [0.05, 0.1) is 17.0 Å². The molecule has 2 aromatic rings. The zero-order valence-electron chi connectivity index (χ0n) is 22.5. The van der Waals surface area contributed by atoms with Gasteiger partial charge in [-0.15, -0.1) is 0 Å². The van der Waals surface area contributed by atoms with Crippen LogP contribution in [0.3, 0.4) is 0 Å². The molecule has 11 heteroatoms. The second kappa shape index (κ2) is 11.6. The van der Waals surface area contributed by atoms with Crippen LogP contribution in [0.5, 0.6) is 0 Å². The average Bonchev–Trinajstić information content (AvgIpc) is 3.64. The van der Waals surface area contributed by atoms with Crippen LogP contribution in [-0.4, -0.2) is 43.9 Å². The molecule has 214 valence electrons. The van der Waals surface area contributed by atoms with Crippen molar-refractivity contribution in [2.24, 2.45) is 17.8 Å². The van der Waals surface area contributed by atoms with Crippen LogP contribution >= 0.6 is 0 Å². The molecule has 0 aliphatic heterocycles. The summed E-state index contributed by atoms with van der Waals surface area (Å²) in [7, 11) is 3.36. The number of aryl methyl sites for hydroxylation is 2. The Hall–Kier alpha value is -3.08. The van der Waals surface area contributed by atoms with Gasteiger partial charge in [0.15, 0.2) is 0 Å². The molecule has 1 fully saturated rings. The molecule has 2 amide bonds. The van der Waals surface area contributed by atoms with Crippen molar-refractivity contribution in [1.29, 1.82) is 0 Å². The standard InChI is InChI=1S/C28H33F6N3O2/c1-16-7-6-8-17(2)24(16)37(5)26(39)18(3)23(15-36(4)14-19-9-10-19)25(38)35-22-12-20(27(29,30)31)11-21(13-22)28(32,33)34/h6-8,11-13,18-19,23H,9-10,14-15H2,1-5H3,(H,35,38). The van der Waals surface area contributed by atoms with Crippen molar-refractivity contribution in [1.82, 2.24) is 4.90 Å². The highest BCUT2D eigenvalue weighted by Gasteiger charge is 2.38. The minimum atomic E-state index is -5.05. The number of carbonyl (C=O) groups is 2. The second-order valence-electron chi connectivity index (χ2n) is 10.5. The van der Waals surface area contributed by atoms with Crippen LogP contribution in [0.1, 0.15) is 42.0 Å². The molecule has 1 N–H and O–H groups in total.